The van der Waals surface area contributed by atoms with Gasteiger partial charge < -0.3 is 9.88 Å². The van der Waals surface area contributed by atoms with Crippen molar-refractivity contribution < 1.29 is 4.79 Å². The summed E-state index contributed by atoms with van der Waals surface area (Å²) in [5.41, 5.74) is 4.75. The average molecular weight is 379 g/mol. The summed E-state index contributed by atoms with van der Waals surface area (Å²) in [6.45, 7) is 5.00. The summed E-state index contributed by atoms with van der Waals surface area (Å²) in [4.78, 5) is 22.9. The Bertz CT molecular complexity index is 1090. The zero-order chi connectivity index (χ0) is 19.0. The lowest BCUT2D eigenvalue weighted by Gasteiger charge is -2.22. The highest BCUT2D eigenvalue weighted by atomic mass is 32.1. The van der Waals surface area contributed by atoms with Gasteiger partial charge in [-0.15, -0.1) is 11.3 Å². The highest BCUT2D eigenvalue weighted by Gasteiger charge is 2.23. The molecule has 0 aliphatic rings. The lowest BCUT2D eigenvalue weighted by molar-refractivity contribution is 0.0731. The lowest BCUT2D eigenvalue weighted by atomic mass is 10.1. The number of aromatic amines is 1. The molecule has 0 bridgehead atoms. The number of nitrogens with zero attached hydrogens (tertiary/aromatic N) is 4. The maximum atomic E-state index is 13.4. The number of aryl methyl sites for hydroxylation is 2. The van der Waals surface area contributed by atoms with Crippen LogP contribution in [0.2, 0.25) is 0 Å². The number of H-pyrrole nitrogens is 1. The molecule has 3 heterocycles. The Balaban J connectivity index is 1.72. The van der Waals surface area contributed by atoms with Crippen LogP contribution < -0.4 is 0 Å². The molecule has 4 aromatic rings. The van der Waals surface area contributed by atoms with Crippen LogP contribution in [0.5, 0.6) is 0 Å². The van der Waals surface area contributed by atoms with E-state index < -0.39 is 0 Å². The van der Waals surface area contributed by atoms with Crippen molar-refractivity contribution in [2.45, 2.75) is 26.9 Å². The molecule has 1 N–H and O–H groups in total. The Hall–Kier alpha value is -2.93. The minimum atomic E-state index is -0.00898. The van der Waals surface area contributed by atoms with E-state index in [-0.39, 0.29) is 5.91 Å². The van der Waals surface area contributed by atoms with E-state index in [1.165, 1.54) is 0 Å². The molecular formula is C20H21N5OS. The fourth-order valence-electron chi connectivity index (χ4n) is 3.35. The van der Waals surface area contributed by atoms with Crippen LogP contribution in [0, 0.1) is 13.8 Å². The maximum absolute atomic E-state index is 13.4. The van der Waals surface area contributed by atoms with Crippen molar-refractivity contribution in [2.75, 3.05) is 0 Å². The van der Waals surface area contributed by atoms with Gasteiger partial charge in [-0.3, -0.25) is 9.48 Å². The van der Waals surface area contributed by atoms with Crippen molar-refractivity contribution >= 4 is 28.1 Å². The second-order valence-electron chi connectivity index (χ2n) is 6.61. The normalized spacial score (nSPS) is 11.2. The van der Waals surface area contributed by atoms with Gasteiger partial charge in [0.25, 0.3) is 5.91 Å². The quantitative estimate of drug-likeness (QED) is 0.573. The first-order valence-electron chi connectivity index (χ1n) is 8.77. The number of rotatable bonds is 5. The zero-order valence-electron chi connectivity index (χ0n) is 15.6. The molecule has 0 saturated heterocycles. The van der Waals surface area contributed by atoms with E-state index in [4.69, 9.17) is 0 Å². The van der Waals surface area contributed by atoms with Gasteiger partial charge in [0.05, 0.1) is 24.3 Å². The van der Waals surface area contributed by atoms with Gasteiger partial charge >= 0.3 is 0 Å². The van der Waals surface area contributed by atoms with E-state index in [2.05, 4.69) is 15.1 Å². The topological polar surface area (TPSA) is 66.8 Å². The number of para-hydroxylation sites is 1. The SMILES string of the molecule is Cc1nn(C)c(C)c1CN(Cc1nccs1)C(=O)c1c[nH]c2ccccc12. The van der Waals surface area contributed by atoms with E-state index in [9.17, 15) is 4.79 Å². The van der Waals surface area contributed by atoms with Gasteiger partial charge in [0.15, 0.2) is 0 Å². The molecule has 0 fully saturated rings. The molecule has 0 saturated carbocycles. The standard InChI is InChI=1S/C20H21N5OS/c1-13-17(14(2)24(3)23-13)11-25(12-19-21-8-9-27-19)20(26)16-10-22-18-7-5-4-6-15(16)18/h4-10,22H,11-12H2,1-3H3. The third-order valence-electron chi connectivity index (χ3n) is 4.92. The Kier molecular flexibility index (Phi) is 4.53. The average Bonchev–Trinajstić information content (AvgIpc) is 3.37. The number of hydrogen-bond donors (Lipinski definition) is 1. The summed E-state index contributed by atoms with van der Waals surface area (Å²) in [6.07, 6.45) is 3.57. The number of amides is 1. The van der Waals surface area contributed by atoms with Crippen molar-refractivity contribution in [1.82, 2.24) is 24.6 Å². The van der Waals surface area contributed by atoms with Crippen molar-refractivity contribution in [3.63, 3.8) is 0 Å². The number of aromatic nitrogens is 4. The smallest absolute Gasteiger partial charge is 0.256 e. The number of carbonyl (C=O) groups is 1. The van der Waals surface area contributed by atoms with Gasteiger partial charge in [-0.2, -0.15) is 5.10 Å². The number of carbonyl (C=O) groups excluding carboxylic acids is 1. The van der Waals surface area contributed by atoms with E-state index in [1.807, 2.05) is 60.1 Å². The van der Waals surface area contributed by atoms with Crippen LogP contribution in [0.4, 0.5) is 0 Å². The van der Waals surface area contributed by atoms with Crippen molar-refractivity contribution in [3.05, 3.63) is 69.6 Å². The van der Waals surface area contributed by atoms with Crippen LogP contribution in [0.3, 0.4) is 0 Å². The minimum absolute atomic E-state index is 0.00898. The van der Waals surface area contributed by atoms with Gasteiger partial charge in [-0.25, -0.2) is 4.98 Å². The van der Waals surface area contributed by atoms with Crippen LogP contribution in [0.25, 0.3) is 10.9 Å². The monoisotopic (exact) mass is 379 g/mol. The summed E-state index contributed by atoms with van der Waals surface area (Å²) in [5.74, 6) is -0.00898. The number of benzene rings is 1. The van der Waals surface area contributed by atoms with Gasteiger partial charge in [-0.1, -0.05) is 18.2 Å². The number of fused-ring (bicyclic) bond motifs is 1. The zero-order valence-corrected chi connectivity index (χ0v) is 16.4. The Morgan fingerprint density at radius 3 is 2.78 bits per heavy atom. The fourth-order valence-corrected chi connectivity index (χ4v) is 3.98. The number of thiazole rings is 1. The highest BCUT2D eigenvalue weighted by molar-refractivity contribution is 7.09. The Labute approximate surface area is 161 Å². The molecule has 0 unspecified atom stereocenters. The van der Waals surface area contributed by atoms with Gasteiger partial charge in [0.2, 0.25) is 0 Å². The van der Waals surface area contributed by atoms with Crippen LogP contribution >= 0.6 is 11.3 Å². The predicted octanol–water partition coefficient (Wildman–Crippen LogP) is 3.82. The molecule has 4 rings (SSSR count). The van der Waals surface area contributed by atoms with Gasteiger partial charge in [0, 0.05) is 47.0 Å². The van der Waals surface area contributed by atoms with E-state index >= 15 is 0 Å². The minimum Gasteiger partial charge on any atom is -0.360 e. The molecule has 1 aromatic carbocycles. The third-order valence-corrected chi connectivity index (χ3v) is 5.69. The van der Waals surface area contributed by atoms with E-state index in [0.717, 1.165) is 32.9 Å². The third kappa shape index (κ3) is 3.26. The highest BCUT2D eigenvalue weighted by Crippen LogP contribution is 2.23. The number of nitrogens with one attached hydrogen (secondary N) is 1. The molecule has 27 heavy (non-hydrogen) atoms. The van der Waals surface area contributed by atoms with Crippen molar-refractivity contribution in [1.29, 1.82) is 0 Å². The molecule has 7 heteroatoms. The summed E-state index contributed by atoms with van der Waals surface area (Å²) in [5, 5.41) is 8.28. The first kappa shape index (κ1) is 17.5. The largest absolute Gasteiger partial charge is 0.360 e. The first-order valence-corrected chi connectivity index (χ1v) is 9.65. The molecule has 0 atom stereocenters. The van der Waals surface area contributed by atoms with Crippen molar-refractivity contribution in [3.8, 4) is 0 Å². The first-order chi connectivity index (χ1) is 13.0. The molecule has 0 aliphatic heterocycles. The van der Waals surface area contributed by atoms with Crippen LogP contribution in [0.1, 0.15) is 32.3 Å². The molecule has 3 aromatic heterocycles. The van der Waals surface area contributed by atoms with Crippen molar-refractivity contribution in [2.24, 2.45) is 7.05 Å². The van der Waals surface area contributed by atoms with Crippen LogP contribution in [-0.4, -0.2) is 30.6 Å². The van der Waals surface area contributed by atoms with Gasteiger partial charge in [0.1, 0.15) is 5.01 Å². The van der Waals surface area contributed by atoms with Crippen LogP contribution in [-0.2, 0) is 20.1 Å². The molecular weight excluding hydrogens is 358 g/mol. The van der Waals surface area contributed by atoms with Crippen LogP contribution in [0.15, 0.2) is 42.0 Å². The molecule has 1 amide bonds. The van der Waals surface area contributed by atoms with E-state index in [1.54, 1.807) is 23.7 Å². The molecule has 0 radical (unpaired) electrons. The molecule has 138 valence electrons. The maximum Gasteiger partial charge on any atom is 0.256 e. The summed E-state index contributed by atoms with van der Waals surface area (Å²) >= 11 is 1.56. The second kappa shape index (κ2) is 7.00. The molecule has 6 nitrogen and oxygen atoms in total. The summed E-state index contributed by atoms with van der Waals surface area (Å²) < 4.78 is 1.86. The van der Waals surface area contributed by atoms with E-state index in [0.29, 0.717) is 18.7 Å². The molecule has 0 aliphatic carbocycles. The molecule has 0 spiro atoms. The Morgan fingerprint density at radius 2 is 2.07 bits per heavy atom. The Morgan fingerprint density at radius 1 is 1.26 bits per heavy atom. The second-order valence-corrected chi connectivity index (χ2v) is 7.59. The predicted molar refractivity (Wildman–Crippen MR) is 107 cm³/mol. The summed E-state index contributed by atoms with van der Waals surface area (Å²) in [6, 6.07) is 7.87. The number of hydrogen-bond acceptors (Lipinski definition) is 4. The lowest BCUT2D eigenvalue weighted by Crippen LogP contribution is -2.30. The fraction of sp³-hybridized carbons (Fsp3) is 0.250. The van der Waals surface area contributed by atoms with Gasteiger partial charge in [-0.05, 0) is 19.9 Å². The summed E-state index contributed by atoms with van der Waals surface area (Å²) in [7, 11) is 1.93.